The number of carbonyl (C=O) groups is 2. The first kappa shape index (κ1) is 13.5. The van der Waals surface area contributed by atoms with Gasteiger partial charge in [-0.15, -0.1) is 0 Å². The first-order valence-corrected chi connectivity index (χ1v) is 6.29. The van der Waals surface area contributed by atoms with Crippen molar-refractivity contribution in [2.45, 2.75) is 18.2 Å². The molecule has 6 heteroatoms. The zero-order valence-electron chi connectivity index (χ0n) is 9.20. The van der Waals surface area contributed by atoms with Crippen molar-refractivity contribution in [1.29, 1.82) is 0 Å². The average Bonchev–Trinajstić information content (AvgIpc) is 2.34. The number of hydrogen-bond donors (Lipinski definition) is 2. The molecule has 0 aliphatic rings. The molecule has 0 saturated carbocycles. The van der Waals surface area contributed by atoms with E-state index in [2.05, 4.69) is 10.3 Å². The number of amides is 1. The van der Waals surface area contributed by atoms with E-state index < -0.39 is 12.0 Å². The average molecular weight is 254 g/mol. The lowest BCUT2D eigenvalue weighted by Crippen LogP contribution is -2.36. The fourth-order valence-corrected chi connectivity index (χ4v) is 2.15. The van der Waals surface area contributed by atoms with Crippen LogP contribution in [-0.4, -0.2) is 34.3 Å². The van der Waals surface area contributed by atoms with Crippen LogP contribution in [0.1, 0.15) is 12.1 Å². The lowest BCUT2D eigenvalue weighted by atomic mass is 10.2. The number of carbonyl (C=O) groups excluding carboxylic acids is 1. The van der Waals surface area contributed by atoms with Gasteiger partial charge in [0, 0.05) is 11.9 Å². The smallest absolute Gasteiger partial charge is 0.326 e. The van der Waals surface area contributed by atoms with Crippen LogP contribution in [-0.2, 0) is 15.3 Å². The molecule has 0 bridgehead atoms. The van der Waals surface area contributed by atoms with Crippen LogP contribution in [0.2, 0.25) is 0 Å². The highest BCUT2D eigenvalue weighted by Crippen LogP contribution is 2.11. The van der Waals surface area contributed by atoms with Crippen molar-refractivity contribution in [3.05, 3.63) is 30.1 Å². The van der Waals surface area contributed by atoms with Crippen molar-refractivity contribution in [3.8, 4) is 0 Å². The topological polar surface area (TPSA) is 79.3 Å². The Balaban J connectivity index is 2.23. The van der Waals surface area contributed by atoms with Crippen LogP contribution in [0, 0.1) is 0 Å². The number of pyridine rings is 1. The molecule has 0 saturated heterocycles. The molecule has 1 atom stereocenters. The van der Waals surface area contributed by atoms with Gasteiger partial charge < -0.3 is 10.4 Å². The van der Waals surface area contributed by atoms with E-state index in [1.807, 2.05) is 18.2 Å². The summed E-state index contributed by atoms with van der Waals surface area (Å²) in [6, 6.07) is 4.88. The fraction of sp³-hybridized carbons (Fsp3) is 0.364. The second kappa shape index (κ2) is 7.67. The second-order valence-corrected chi connectivity index (χ2v) is 4.44. The molecule has 17 heavy (non-hydrogen) atoms. The maximum Gasteiger partial charge on any atom is 0.326 e. The molecule has 2 N–H and O–H groups in total. The van der Waals surface area contributed by atoms with Crippen molar-refractivity contribution in [2.75, 3.05) is 5.75 Å². The Bertz CT molecular complexity index is 359. The number of aliphatic carboxylic acids is 1. The number of thioether (sulfide) groups is 1. The third-order valence-electron chi connectivity index (χ3n) is 2.09. The molecule has 0 spiro atoms. The molecule has 5 nitrogen and oxygen atoms in total. The maximum absolute atomic E-state index is 10.7. The van der Waals surface area contributed by atoms with Crippen molar-refractivity contribution in [1.82, 2.24) is 10.3 Å². The van der Waals surface area contributed by atoms with E-state index in [4.69, 9.17) is 5.11 Å². The highest BCUT2D eigenvalue weighted by atomic mass is 32.2. The number of nitrogens with zero attached hydrogens (tertiary/aromatic N) is 1. The molecule has 1 rings (SSSR count). The second-order valence-electron chi connectivity index (χ2n) is 3.34. The molecule has 1 aromatic rings. The highest BCUT2D eigenvalue weighted by molar-refractivity contribution is 7.98. The number of hydrogen-bond acceptors (Lipinski definition) is 4. The molecular formula is C11H14N2O3S. The summed E-state index contributed by atoms with van der Waals surface area (Å²) in [4.78, 5) is 25.1. The summed E-state index contributed by atoms with van der Waals surface area (Å²) in [5.74, 6) is 0.401. The number of carboxylic acid groups (broad SMARTS) is 1. The molecule has 0 aromatic carbocycles. The minimum atomic E-state index is -1.00. The summed E-state index contributed by atoms with van der Waals surface area (Å²) in [6.45, 7) is 0. The Hall–Kier alpha value is -1.56. The lowest BCUT2D eigenvalue weighted by molar-refractivity contribution is -0.140. The Kier molecular flexibility index (Phi) is 6.09. The molecular weight excluding hydrogens is 240 g/mol. The first-order valence-electron chi connectivity index (χ1n) is 5.14. The summed E-state index contributed by atoms with van der Waals surface area (Å²) in [6.07, 6.45) is 2.55. The molecule has 1 unspecified atom stereocenters. The largest absolute Gasteiger partial charge is 0.480 e. The minimum Gasteiger partial charge on any atom is -0.480 e. The molecule has 1 amide bonds. The predicted octanol–water partition coefficient (Wildman–Crippen LogP) is 0.904. The number of carboxylic acids is 1. The normalized spacial score (nSPS) is 11.8. The van der Waals surface area contributed by atoms with Crippen molar-refractivity contribution >= 4 is 24.1 Å². The third-order valence-corrected chi connectivity index (χ3v) is 3.12. The van der Waals surface area contributed by atoms with Crippen LogP contribution < -0.4 is 5.32 Å². The first-order chi connectivity index (χ1) is 8.24. The zero-order chi connectivity index (χ0) is 12.5. The SMILES string of the molecule is O=CNC(CCSCc1ccccn1)C(=O)O. The van der Waals surface area contributed by atoms with Crippen LogP contribution >= 0.6 is 11.8 Å². The summed E-state index contributed by atoms with van der Waals surface area (Å²) in [7, 11) is 0. The summed E-state index contributed by atoms with van der Waals surface area (Å²) < 4.78 is 0. The maximum atomic E-state index is 10.7. The predicted molar refractivity (Wildman–Crippen MR) is 65.6 cm³/mol. The molecule has 0 aliphatic heterocycles. The molecule has 0 fully saturated rings. The van der Waals surface area contributed by atoms with E-state index in [9.17, 15) is 9.59 Å². The van der Waals surface area contributed by atoms with Gasteiger partial charge in [0.25, 0.3) is 0 Å². The minimum absolute atomic E-state index is 0.408. The van der Waals surface area contributed by atoms with E-state index in [1.165, 1.54) is 0 Å². The van der Waals surface area contributed by atoms with Gasteiger partial charge in [-0.05, 0) is 24.3 Å². The van der Waals surface area contributed by atoms with Crippen molar-refractivity contribution in [2.24, 2.45) is 0 Å². The zero-order valence-corrected chi connectivity index (χ0v) is 10.0. The number of nitrogens with one attached hydrogen (secondary N) is 1. The van der Waals surface area contributed by atoms with Gasteiger partial charge in [0.2, 0.25) is 6.41 Å². The van der Waals surface area contributed by atoms with Crippen LogP contribution in [0.3, 0.4) is 0 Å². The molecule has 0 radical (unpaired) electrons. The monoisotopic (exact) mass is 254 g/mol. The van der Waals surface area contributed by atoms with Crippen LogP contribution in [0.5, 0.6) is 0 Å². The Morgan fingerprint density at radius 3 is 3.00 bits per heavy atom. The van der Waals surface area contributed by atoms with Crippen LogP contribution in [0.15, 0.2) is 24.4 Å². The lowest BCUT2D eigenvalue weighted by Gasteiger charge is -2.10. The molecule has 0 aliphatic carbocycles. The van der Waals surface area contributed by atoms with E-state index in [1.54, 1.807) is 18.0 Å². The van der Waals surface area contributed by atoms with Crippen molar-refractivity contribution < 1.29 is 14.7 Å². The Morgan fingerprint density at radius 2 is 2.41 bits per heavy atom. The Labute approximate surface area is 104 Å². The number of aromatic nitrogens is 1. The van der Waals surface area contributed by atoms with E-state index >= 15 is 0 Å². The Morgan fingerprint density at radius 1 is 1.59 bits per heavy atom. The highest BCUT2D eigenvalue weighted by Gasteiger charge is 2.15. The summed E-state index contributed by atoms with van der Waals surface area (Å²) >= 11 is 1.60. The fourth-order valence-electron chi connectivity index (χ4n) is 1.22. The van der Waals surface area contributed by atoms with Gasteiger partial charge in [0.1, 0.15) is 6.04 Å². The van der Waals surface area contributed by atoms with Gasteiger partial charge in [-0.3, -0.25) is 9.78 Å². The van der Waals surface area contributed by atoms with Gasteiger partial charge >= 0.3 is 5.97 Å². The number of rotatable bonds is 8. The van der Waals surface area contributed by atoms with Crippen LogP contribution in [0.4, 0.5) is 0 Å². The molecule has 1 aromatic heterocycles. The van der Waals surface area contributed by atoms with Gasteiger partial charge in [-0.25, -0.2) is 4.79 Å². The summed E-state index contributed by atoms with van der Waals surface area (Å²) in [5, 5.41) is 11.0. The van der Waals surface area contributed by atoms with E-state index in [-0.39, 0.29) is 0 Å². The van der Waals surface area contributed by atoms with Gasteiger partial charge in [-0.2, -0.15) is 11.8 Å². The van der Waals surface area contributed by atoms with E-state index in [0.717, 1.165) is 11.4 Å². The summed E-state index contributed by atoms with van der Waals surface area (Å²) in [5.41, 5.74) is 0.965. The quantitative estimate of drug-likeness (QED) is 0.532. The molecule has 92 valence electrons. The standard InChI is InChI=1S/C11H14N2O3S/c14-8-13-10(11(15)16)4-6-17-7-9-3-1-2-5-12-9/h1-3,5,8,10H,4,6-7H2,(H,13,14)(H,15,16). The van der Waals surface area contributed by atoms with E-state index in [0.29, 0.717) is 18.6 Å². The third kappa shape index (κ3) is 5.35. The molecule has 1 heterocycles. The van der Waals surface area contributed by atoms with Gasteiger partial charge in [0.05, 0.1) is 5.69 Å². The van der Waals surface area contributed by atoms with Gasteiger partial charge in [0.15, 0.2) is 0 Å². The van der Waals surface area contributed by atoms with Gasteiger partial charge in [-0.1, -0.05) is 6.07 Å². The van der Waals surface area contributed by atoms with Crippen molar-refractivity contribution in [3.63, 3.8) is 0 Å². The van der Waals surface area contributed by atoms with Crippen LogP contribution in [0.25, 0.3) is 0 Å².